The lowest BCUT2D eigenvalue weighted by Gasteiger charge is -2.32. The van der Waals surface area contributed by atoms with Crippen molar-refractivity contribution in [3.8, 4) is 0 Å². The molecule has 2 amide bonds. The molecule has 1 atom stereocenters. The van der Waals surface area contributed by atoms with Gasteiger partial charge in [0.15, 0.2) is 0 Å². The van der Waals surface area contributed by atoms with Crippen LogP contribution in [0.15, 0.2) is 35.7 Å². The Kier molecular flexibility index (Phi) is 5.27. The molecular weight excluding hydrogens is 358 g/mol. The van der Waals surface area contributed by atoms with Crippen molar-refractivity contribution in [3.63, 3.8) is 0 Å². The summed E-state index contributed by atoms with van der Waals surface area (Å²) in [6.45, 7) is 5.57. The Morgan fingerprint density at radius 3 is 2.74 bits per heavy atom. The van der Waals surface area contributed by atoms with Gasteiger partial charge in [-0.25, -0.2) is 0 Å². The summed E-state index contributed by atoms with van der Waals surface area (Å²) < 4.78 is 0. The van der Waals surface area contributed by atoms with Crippen LogP contribution in [0.3, 0.4) is 0 Å². The molecule has 0 aliphatic carbocycles. The standard InChI is InChI=1S/C21H25N3O2S/c1-15(23-11-8-19-17(14-23)9-12-27-19)13-22-21(26)16-4-6-18(7-5-16)24-10-2-3-20(24)25/h4-7,9,12,15H,2-3,8,10-11,13-14H2,1H3,(H,22,26). The normalized spacial score (nSPS) is 18.4. The number of carbonyl (C=O) groups excluding carboxylic acids is 2. The van der Waals surface area contributed by atoms with Crippen LogP contribution in [0.4, 0.5) is 5.69 Å². The quantitative estimate of drug-likeness (QED) is 0.863. The van der Waals surface area contributed by atoms with Crippen molar-refractivity contribution in [2.45, 2.75) is 38.8 Å². The molecule has 0 radical (unpaired) electrons. The van der Waals surface area contributed by atoms with Gasteiger partial charge in [-0.15, -0.1) is 11.3 Å². The first-order chi connectivity index (χ1) is 13.1. The molecule has 1 saturated heterocycles. The predicted molar refractivity (Wildman–Crippen MR) is 108 cm³/mol. The molecule has 1 N–H and O–H groups in total. The van der Waals surface area contributed by atoms with Gasteiger partial charge in [0.05, 0.1) is 0 Å². The molecule has 3 heterocycles. The Bertz CT molecular complexity index is 830. The molecule has 2 aliphatic heterocycles. The van der Waals surface area contributed by atoms with Gasteiger partial charge < -0.3 is 10.2 Å². The SMILES string of the molecule is CC(CNC(=O)c1ccc(N2CCCC2=O)cc1)N1CCc2sccc2C1. The van der Waals surface area contributed by atoms with Crippen LogP contribution in [0.5, 0.6) is 0 Å². The van der Waals surface area contributed by atoms with Crippen molar-refractivity contribution in [2.24, 2.45) is 0 Å². The highest BCUT2D eigenvalue weighted by molar-refractivity contribution is 7.10. The zero-order valence-corrected chi connectivity index (χ0v) is 16.4. The predicted octanol–water partition coefficient (Wildman–Crippen LogP) is 3.05. The molecule has 2 aromatic rings. The van der Waals surface area contributed by atoms with Crippen LogP contribution in [-0.4, -0.2) is 42.4 Å². The minimum absolute atomic E-state index is 0.0608. The topological polar surface area (TPSA) is 52.7 Å². The van der Waals surface area contributed by atoms with E-state index < -0.39 is 0 Å². The van der Waals surface area contributed by atoms with Gasteiger partial charge >= 0.3 is 0 Å². The molecule has 1 fully saturated rings. The average Bonchev–Trinajstić information content (AvgIpc) is 3.34. The molecule has 1 aromatic carbocycles. The van der Waals surface area contributed by atoms with Crippen LogP contribution < -0.4 is 10.2 Å². The number of fused-ring (bicyclic) bond motifs is 1. The summed E-state index contributed by atoms with van der Waals surface area (Å²) in [7, 11) is 0. The van der Waals surface area contributed by atoms with Crippen molar-refractivity contribution in [2.75, 3.05) is 24.5 Å². The number of amides is 2. The van der Waals surface area contributed by atoms with E-state index in [-0.39, 0.29) is 11.8 Å². The molecule has 1 aromatic heterocycles. The monoisotopic (exact) mass is 383 g/mol. The molecule has 0 saturated carbocycles. The zero-order valence-electron chi connectivity index (χ0n) is 15.6. The van der Waals surface area contributed by atoms with Crippen molar-refractivity contribution in [1.29, 1.82) is 0 Å². The van der Waals surface area contributed by atoms with Gasteiger partial charge in [0.2, 0.25) is 5.91 Å². The highest BCUT2D eigenvalue weighted by Crippen LogP contribution is 2.25. The van der Waals surface area contributed by atoms with E-state index in [0.717, 1.165) is 38.2 Å². The molecule has 6 heteroatoms. The second kappa shape index (κ2) is 7.82. The zero-order chi connectivity index (χ0) is 18.8. The summed E-state index contributed by atoms with van der Waals surface area (Å²) in [4.78, 5) is 30.0. The molecule has 142 valence electrons. The third-order valence-electron chi connectivity index (χ3n) is 5.53. The van der Waals surface area contributed by atoms with Crippen LogP contribution >= 0.6 is 11.3 Å². The summed E-state index contributed by atoms with van der Waals surface area (Å²) >= 11 is 1.84. The molecular formula is C21H25N3O2S. The third-order valence-corrected chi connectivity index (χ3v) is 6.56. The van der Waals surface area contributed by atoms with Gasteiger partial charge in [0, 0.05) is 54.8 Å². The van der Waals surface area contributed by atoms with E-state index >= 15 is 0 Å². The Labute approximate surface area is 164 Å². The van der Waals surface area contributed by atoms with E-state index in [1.165, 1.54) is 10.4 Å². The van der Waals surface area contributed by atoms with E-state index in [9.17, 15) is 9.59 Å². The Balaban J connectivity index is 1.31. The molecule has 0 bridgehead atoms. The number of nitrogens with one attached hydrogen (secondary N) is 1. The van der Waals surface area contributed by atoms with Gasteiger partial charge in [-0.1, -0.05) is 0 Å². The summed E-state index contributed by atoms with van der Waals surface area (Å²) in [5.41, 5.74) is 2.94. The lowest BCUT2D eigenvalue weighted by Crippen LogP contribution is -2.44. The highest BCUT2D eigenvalue weighted by Gasteiger charge is 2.23. The van der Waals surface area contributed by atoms with Crippen molar-refractivity contribution in [3.05, 3.63) is 51.7 Å². The molecule has 2 aliphatic rings. The second-order valence-corrected chi connectivity index (χ2v) is 8.35. The minimum Gasteiger partial charge on any atom is -0.350 e. The van der Waals surface area contributed by atoms with Crippen LogP contribution in [0.1, 0.15) is 40.6 Å². The van der Waals surface area contributed by atoms with Crippen LogP contribution in [0, 0.1) is 0 Å². The van der Waals surface area contributed by atoms with Gasteiger partial charge in [-0.3, -0.25) is 14.5 Å². The number of hydrogen-bond acceptors (Lipinski definition) is 4. The molecule has 0 spiro atoms. The molecule has 1 unspecified atom stereocenters. The maximum Gasteiger partial charge on any atom is 0.251 e. The van der Waals surface area contributed by atoms with E-state index in [4.69, 9.17) is 0 Å². The summed E-state index contributed by atoms with van der Waals surface area (Å²) in [6.07, 6.45) is 2.62. The lowest BCUT2D eigenvalue weighted by atomic mass is 10.1. The molecule has 27 heavy (non-hydrogen) atoms. The number of carbonyl (C=O) groups is 2. The number of nitrogens with zero attached hydrogens (tertiary/aromatic N) is 2. The molecule has 5 nitrogen and oxygen atoms in total. The van der Waals surface area contributed by atoms with E-state index in [0.29, 0.717) is 24.6 Å². The number of anilines is 1. The van der Waals surface area contributed by atoms with Gasteiger partial charge in [0.1, 0.15) is 0 Å². The summed E-state index contributed by atoms with van der Waals surface area (Å²) in [6, 6.07) is 9.85. The van der Waals surface area contributed by atoms with Crippen molar-refractivity contribution in [1.82, 2.24) is 10.2 Å². The maximum absolute atomic E-state index is 12.5. The fourth-order valence-corrected chi connectivity index (χ4v) is 4.72. The molecule has 4 rings (SSSR count). The minimum atomic E-state index is -0.0608. The van der Waals surface area contributed by atoms with Gasteiger partial charge in [-0.05, 0) is 61.0 Å². The first-order valence-electron chi connectivity index (χ1n) is 9.60. The number of hydrogen-bond donors (Lipinski definition) is 1. The van der Waals surface area contributed by atoms with Crippen LogP contribution in [-0.2, 0) is 17.8 Å². The third kappa shape index (κ3) is 3.92. The number of thiophene rings is 1. The largest absolute Gasteiger partial charge is 0.350 e. The second-order valence-electron chi connectivity index (χ2n) is 7.34. The van der Waals surface area contributed by atoms with Gasteiger partial charge in [-0.2, -0.15) is 0 Å². The lowest BCUT2D eigenvalue weighted by molar-refractivity contribution is -0.117. The first-order valence-corrected chi connectivity index (χ1v) is 10.5. The Morgan fingerprint density at radius 1 is 1.19 bits per heavy atom. The van der Waals surface area contributed by atoms with E-state index in [2.05, 4.69) is 28.6 Å². The fourth-order valence-electron chi connectivity index (χ4n) is 3.83. The van der Waals surface area contributed by atoms with E-state index in [1.54, 1.807) is 17.0 Å². The van der Waals surface area contributed by atoms with Gasteiger partial charge in [0.25, 0.3) is 5.91 Å². The summed E-state index contributed by atoms with van der Waals surface area (Å²) in [5.74, 6) is 0.103. The number of rotatable bonds is 5. The highest BCUT2D eigenvalue weighted by atomic mass is 32.1. The number of benzene rings is 1. The Hall–Kier alpha value is -2.18. The van der Waals surface area contributed by atoms with Crippen LogP contribution in [0.25, 0.3) is 0 Å². The van der Waals surface area contributed by atoms with Crippen molar-refractivity contribution >= 4 is 28.8 Å². The summed E-state index contributed by atoms with van der Waals surface area (Å²) in [5, 5.41) is 5.22. The first kappa shape index (κ1) is 18.2. The average molecular weight is 384 g/mol. The van der Waals surface area contributed by atoms with Crippen molar-refractivity contribution < 1.29 is 9.59 Å². The maximum atomic E-state index is 12.5. The Morgan fingerprint density at radius 2 is 2.00 bits per heavy atom. The smallest absolute Gasteiger partial charge is 0.251 e. The van der Waals surface area contributed by atoms with E-state index in [1.807, 2.05) is 23.5 Å². The van der Waals surface area contributed by atoms with Crippen LogP contribution in [0.2, 0.25) is 0 Å². The fraction of sp³-hybridized carbons (Fsp3) is 0.429.